The predicted molar refractivity (Wildman–Crippen MR) is 69.8 cm³/mol. The highest BCUT2D eigenvalue weighted by atomic mass is 32.2. The lowest BCUT2D eigenvalue weighted by molar-refractivity contribution is -0.0236. The summed E-state index contributed by atoms with van der Waals surface area (Å²) in [6.07, 6.45) is -0.748. The Morgan fingerprint density at radius 3 is 3.00 bits per heavy atom. The topological polar surface area (TPSA) is 38.7 Å². The van der Waals surface area contributed by atoms with Crippen LogP contribution in [0.3, 0.4) is 0 Å². The molecule has 17 heavy (non-hydrogen) atoms. The Morgan fingerprint density at radius 1 is 1.53 bits per heavy atom. The third-order valence-corrected chi connectivity index (χ3v) is 3.92. The molecule has 1 N–H and O–H groups in total. The monoisotopic (exact) mass is 254 g/mol. The van der Waals surface area contributed by atoms with Crippen LogP contribution >= 0.6 is 11.8 Å². The first-order valence-electron chi connectivity index (χ1n) is 5.74. The lowest BCUT2D eigenvalue weighted by atomic mass is 10.0. The van der Waals surface area contributed by atoms with Gasteiger partial charge in [0.1, 0.15) is 11.9 Å². The molecule has 2 rings (SSSR count). The average Bonchev–Trinajstić information content (AvgIpc) is 2.39. The van der Waals surface area contributed by atoms with Crippen LogP contribution in [0.4, 0.5) is 0 Å². The van der Waals surface area contributed by atoms with E-state index in [1.54, 1.807) is 7.11 Å². The highest BCUT2D eigenvalue weighted by Crippen LogP contribution is 2.32. The molecule has 2 atom stereocenters. The Kier molecular flexibility index (Phi) is 4.31. The first kappa shape index (κ1) is 12.7. The summed E-state index contributed by atoms with van der Waals surface area (Å²) in [6, 6.07) is 5.83. The fourth-order valence-electron chi connectivity index (χ4n) is 1.97. The van der Waals surface area contributed by atoms with E-state index >= 15 is 0 Å². The van der Waals surface area contributed by atoms with Crippen LogP contribution in [0.15, 0.2) is 18.2 Å². The molecule has 0 amide bonds. The summed E-state index contributed by atoms with van der Waals surface area (Å²) < 4.78 is 10.9. The maximum atomic E-state index is 10.4. The summed E-state index contributed by atoms with van der Waals surface area (Å²) in [7, 11) is 1.62. The summed E-state index contributed by atoms with van der Waals surface area (Å²) >= 11 is 1.82. The van der Waals surface area contributed by atoms with Gasteiger partial charge in [-0.3, -0.25) is 0 Å². The van der Waals surface area contributed by atoms with E-state index in [0.717, 1.165) is 28.4 Å². The van der Waals surface area contributed by atoms with Crippen molar-refractivity contribution in [1.29, 1.82) is 0 Å². The molecule has 0 spiro atoms. The van der Waals surface area contributed by atoms with Gasteiger partial charge in [-0.1, -0.05) is 11.6 Å². The zero-order valence-electron chi connectivity index (χ0n) is 10.2. The molecule has 0 aromatic heterocycles. The molecule has 1 aliphatic heterocycles. The fraction of sp³-hybridized carbons (Fsp3) is 0.538. The first-order valence-corrected chi connectivity index (χ1v) is 6.90. The number of rotatable bonds is 3. The molecule has 1 aromatic rings. The van der Waals surface area contributed by atoms with Crippen molar-refractivity contribution < 1.29 is 14.6 Å². The summed E-state index contributed by atoms with van der Waals surface area (Å²) in [5.74, 6) is 2.56. The standard InChI is InChI=1S/C13H18O3S/c1-9-3-4-11(15-2)10(7-9)13(14)12-8-17-6-5-16-12/h3-4,7,12-14H,5-6,8H2,1-2H3. The lowest BCUT2D eigenvalue weighted by Crippen LogP contribution is -2.30. The Balaban J connectivity index is 2.21. The number of thioether (sulfide) groups is 1. The molecule has 1 aromatic carbocycles. The number of hydrogen-bond donors (Lipinski definition) is 1. The van der Waals surface area contributed by atoms with Crippen LogP contribution in [0.1, 0.15) is 17.2 Å². The molecule has 0 saturated carbocycles. The van der Waals surface area contributed by atoms with Crippen molar-refractivity contribution in [3.8, 4) is 5.75 Å². The molecule has 1 saturated heterocycles. The van der Waals surface area contributed by atoms with Crippen LogP contribution in [0.25, 0.3) is 0 Å². The van der Waals surface area contributed by atoms with Gasteiger partial charge in [0.05, 0.1) is 19.8 Å². The highest BCUT2D eigenvalue weighted by molar-refractivity contribution is 7.99. The molecule has 0 bridgehead atoms. The number of aliphatic hydroxyl groups excluding tert-OH is 1. The summed E-state index contributed by atoms with van der Waals surface area (Å²) in [4.78, 5) is 0. The number of hydrogen-bond acceptors (Lipinski definition) is 4. The predicted octanol–water partition coefficient (Wildman–Crippen LogP) is 2.17. The number of aryl methyl sites for hydroxylation is 1. The molecule has 0 radical (unpaired) electrons. The minimum atomic E-state index is -0.613. The first-order chi connectivity index (χ1) is 8.22. The number of methoxy groups -OCH3 is 1. The molecule has 1 heterocycles. The molecular formula is C13H18O3S. The zero-order chi connectivity index (χ0) is 12.3. The van der Waals surface area contributed by atoms with Gasteiger partial charge in [0.15, 0.2) is 0 Å². The van der Waals surface area contributed by atoms with E-state index in [1.165, 1.54) is 0 Å². The van der Waals surface area contributed by atoms with E-state index in [2.05, 4.69) is 0 Å². The van der Waals surface area contributed by atoms with E-state index in [4.69, 9.17) is 9.47 Å². The molecule has 1 fully saturated rings. The lowest BCUT2D eigenvalue weighted by Gasteiger charge is -2.28. The van der Waals surface area contributed by atoms with Gasteiger partial charge < -0.3 is 14.6 Å². The maximum absolute atomic E-state index is 10.4. The average molecular weight is 254 g/mol. The van der Waals surface area contributed by atoms with Crippen LogP contribution in [-0.4, -0.2) is 36.4 Å². The fourth-order valence-corrected chi connectivity index (χ4v) is 2.87. The van der Waals surface area contributed by atoms with Crippen LogP contribution in [-0.2, 0) is 4.74 Å². The van der Waals surface area contributed by atoms with Crippen molar-refractivity contribution in [2.24, 2.45) is 0 Å². The second kappa shape index (κ2) is 5.76. The molecule has 2 unspecified atom stereocenters. The Hall–Kier alpha value is -0.710. The molecule has 3 nitrogen and oxygen atoms in total. The maximum Gasteiger partial charge on any atom is 0.124 e. The Labute approximate surface area is 106 Å². The Morgan fingerprint density at radius 2 is 2.35 bits per heavy atom. The number of ether oxygens (including phenoxy) is 2. The van der Waals surface area contributed by atoms with Gasteiger partial charge in [0.2, 0.25) is 0 Å². The van der Waals surface area contributed by atoms with Crippen molar-refractivity contribution in [3.63, 3.8) is 0 Å². The third-order valence-electron chi connectivity index (χ3n) is 2.90. The van der Waals surface area contributed by atoms with Crippen LogP contribution in [0.5, 0.6) is 5.75 Å². The van der Waals surface area contributed by atoms with E-state index in [9.17, 15) is 5.11 Å². The minimum Gasteiger partial charge on any atom is -0.496 e. The molecule has 94 valence electrons. The van der Waals surface area contributed by atoms with Gasteiger partial charge in [0.25, 0.3) is 0 Å². The van der Waals surface area contributed by atoms with Crippen LogP contribution in [0, 0.1) is 6.92 Å². The van der Waals surface area contributed by atoms with Gasteiger partial charge in [-0.15, -0.1) is 0 Å². The van der Waals surface area contributed by atoms with Crippen molar-refractivity contribution in [2.75, 3.05) is 25.2 Å². The second-order valence-corrected chi connectivity index (χ2v) is 5.32. The van der Waals surface area contributed by atoms with E-state index in [-0.39, 0.29) is 6.10 Å². The summed E-state index contributed by atoms with van der Waals surface area (Å²) in [6.45, 7) is 2.71. The van der Waals surface area contributed by atoms with Crippen LogP contribution in [0.2, 0.25) is 0 Å². The normalized spacial score (nSPS) is 22.2. The van der Waals surface area contributed by atoms with Crippen molar-refractivity contribution in [3.05, 3.63) is 29.3 Å². The van der Waals surface area contributed by atoms with Crippen molar-refractivity contribution in [1.82, 2.24) is 0 Å². The SMILES string of the molecule is COc1ccc(C)cc1C(O)C1CSCCO1. The minimum absolute atomic E-state index is 0.135. The van der Waals surface area contributed by atoms with Gasteiger partial charge in [-0.25, -0.2) is 0 Å². The van der Waals surface area contributed by atoms with Crippen molar-refractivity contribution in [2.45, 2.75) is 19.1 Å². The highest BCUT2D eigenvalue weighted by Gasteiger charge is 2.26. The summed E-state index contributed by atoms with van der Waals surface area (Å²) in [5, 5.41) is 10.4. The number of benzene rings is 1. The van der Waals surface area contributed by atoms with E-state index < -0.39 is 6.10 Å². The number of aliphatic hydroxyl groups is 1. The Bertz CT molecular complexity index is 375. The van der Waals surface area contributed by atoms with E-state index in [0.29, 0.717) is 6.61 Å². The van der Waals surface area contributed by atoms with Crippen LogP contribution < -0.4 is 4.74 Å². The molecule has 1 aliphatic rings. The summed E-state index contributed by atoms with van der Waals surface area (Å²) in [5.41, 5.74) is 1.93. The van der Waals surface area contributed by atoms with E-state index in [1.807, 2.05) is 36.9 Å². The third kappa shape index (κ3) is 2.94. The largest absolute Gasteiger partial charge is 0.496 e. The van der Waals surface area contributed by atoms with Gasteiger partial charge in [-0.05, 0) is 19.1 Å². The van der Waals surface area contributed by atoms with Gasteiger partial charge >= 0.3 is 0 Å². The quantitative estimate of drug-likeness (QED) is 0.897. The zero-order valence-corrected chi connectivity index (χ0v) is 11.0. The smallest absolute Gasteiger partial charge is 0.124 e. The molecule has 4 heteroatoms. The second-order valence-electron chi connectivity index (χ2n) is 4.17. The van der Waals surface area contributed by atoms with Crippen molar-refractivity contribution >= 4 is 11.8 Å². The molecule has 0 aliphatic carbocycles. The van der Waals surface area contributed by atoms with Gasteiger partial charge in [-0.2, -0.15) is 11.8 Å². The molecular weight excluding hydrogens is 236 g/mol. The van der Waals surface area contributed by atoms with Gasteiger partial charge in [0, 0.05) is 17.1 Å².